The Kier molecular flexibility index (Phi) is 1.75. The highest BCUT2D eigenvalue weighted by Crippen LogP contribution is 2.32. The van der Waals surface area contributed by atoms with E-state index in [0.717, 1.165) is 29.7 Å². The van der Waals surface area contributed by atoms with Gasteiger partial charge in [-0.3, -0.25) is 0 Å². The molecule has 1 N–H and O–H groups in total. The zero-order chi connectivity index (χ0) is 10.4. The van der Waals surface area contributed by atoms with Crippen molar-refractivity contribution >= 4 is 16.7 Å². The second kappa shape index (κ2) is 2.99. The SMILES string of the molecule is CN1CCCc2c1[nH]c1cc(F)ccc21. The number of rotatable bonds is 0. The van der Waals surface area contributed by atoms with Gasteiger partial charge in [-0.25, -0.2) is 4.39 Å². The van der Waals surface area contributed by atoms with Crippen LogP contribution in [0.1, 0.15) is 12.0 Å². The van der Waals surface area contributed by atoms with Gasteiger partial charge < -0.3 is 9.88 Å². The molecule has 0 amide bonds. The van der Waals surface area contributed by atoms with Crippen molar-refractivity contribution in [1.29, 1.82) is 0 Å². The lowest BCUT2D eigenvalue weighted by molar-refractivity contribution is 0.629. The molecule has 0 saturated carbocycles. The first-order valence-corrected chi connectivity index (χ1v) is 5.27. The summed E-state index contributed by atoms with van der Waals surface area (Å²) in [6.45, 7) is 1.07. The molecule has 0 bridgehead atoms. The van der Waals surface area contributed by atoms with Gasteiger partial charge in [0, 0.05) is 24.5 Å². The Hall–Kier alpha value is -1.51. The molecule has 0 atom stereocenters. The van der Waals surface area contributed by atoms with Gasteiger partial charge in [0.2, 0.25) is 0 Å². The minimum atomic E-state index is -0.177. The number of hydrogen-bond acceptors (Lipinski definition) is 1. The van der Waals surface area contributed by atoms with Crippen LogP contribution in [0.3, 0.4) is 0 Å². The summed E-state index contributed by atoms with van der Waals surface area (Å²) in [4.78, 5) is 5.50. The maximum Gasteiger partial charge on any atom is 0.125 e. The summed E-state index contributed by atoms with van der Waals surface area (Å²) in [6, 6.07) is 4.98. The Morgan fingerprint density at radius 3 is 3.13 bits per heavy atom. The normalized spacial score (nSPS) is 15.7. The fraction of sp³-hybridized carbons (Fsp3) is 0.333. The highest BCUT2D eigenvalue weighted by atomic mass is 19.1. The van der Waals surface area contributed by atoms with Crippen LogP contribution in [0.15, 0.2) is 18.2 Å². The van der Waals surface area contributed by atoms with Gasteiger partial charge in [-0.15, -0.1) is 0 Å². The number of fused-ring (bicyclic) bond motifs is 3. The van der Waals surface area contributed by atoms with Gasteiger partial charge in [0.05, 0.1) is 5.52 Å². The molecule has 1 aliphatic heterocycles. The molecule has 1 aromatic heterocycles. The molecule has 15 heavy (non-hydrogen) atoms. The van der Waals surface area contributed by atoms with E-state index in [1.807, 2.05) is 6.07 Å². The lowest BCUT2D eigenvalue weighted by atomic mass is 10.0. The molecule has 2 aromatic rings. The second-order valence-electron chi connectivity index (χ2n) is 4.17. The van der Waals surface area contributed by atoms with Gasteiger partial charge in [0.25, 0.3) is 0 Å². The van der Waals surface area contributed by atoms with E-state index in [0.29, 0.717) is 0 Å². The standard InChI is InChI=1S/C12H13FN2/c1-15-6-2-3-10-9-5-4-8(13)7-11(9)14-12(10)15/h4-5,7,14H,2-3,6H2,1H3. The molecule has 2 heterocycles. The summed E-state index contributed by atoms with van der Waals surface area (Å²) in [5.41, 5.74) is 2.24. The fourth-order valence-corrected chi connectivity index (χ4v) is 2.40. The molecule has 0 radical (unpaired) electrons. The van der Waals surface area contributed by atoms with Crippen LogP contribution in [-0.2, 0) is 6.42 Å². The number of benzene rings is 1. The van der Waals surface area contributed by atoms with E-state index < -0.39 is 0 Å². The van der Waals surface area contributed by atoms with Crippen molar-refractivity contribution in [3.8, 4) is 0 Å². The van der Waals surface area contributed by atoms with E-state index >= 15 is 0 Å². The average molecular weight is 204 g/mol. The van der Waals surface area contributed by atoms with Crippen molar-refractivity contribution in [2.24, 2.45) is 0 Å². The molecular weight excluding hydrogens is 191 g/mol. The molecule has 3 rings (SSSR count). The molecular formula is C12H13FN2. The number of hydrogen-bond donors (Lipinski definition) is 1. The van der Waals surface area contributed by atoms with E-state index in [1.54, 1.807) is 6.07 Å². The fourth-order valence-electron chi connectivity index (χ4n) is 2.40. The van der Waals surface area contributed by atoms with Gasteiger partial charge >= 0.3 is 0 Å². The van der Waals surface area contributed by atoms with Crippen LogP contribution in [0.5, 0.6) is 0 Å². The predicted octanol–water partition coefficient (Wildman–Crippen LogP) is 2.69. The van der Waals surface area contributed by atoms with Crippen molar-refractivity contribution in [2.75, 3.05) is 18.5 Å². The molecule has 0 saturated heterocycles. The van der Waals surface area contributed by atoms with Gasteiger partial charge in [-0.2, -0.15) is 0 Å². The van der Waals surface area contributed by atoms with Crippen LogP contribution in [-0.4, -0.2) is 18.6 Å². The number of aryl methyl sites for hydroxylation is 1. The van der Waals surface area contributed by atoms with Gasteiger partial charge in [0.15, 0.2) is 0 Å². The molecule has 0 aliphatic carbocycles. The van der Waals surface area contributed by atoms with Gasteiger partial charge in [-0.1, -0.05) is 0 Å². The number of aromatic amines is 1. The molecule has 1 aliphatic rings. The van der Waals surface area contributed by atoms with E-state index in [-0.39, 0.29) is 5.82 Å². The number of nitrogens with one attached hydrogen (secondary N) is 1. The van der Waals surface area contributed by atoms with Crippen LogP contribution in [0.2, 0.25) is 0 Å². The quantitative estimate of drug-likeness (QED) is 0.699. The van der Waals surface area contributed by atoms with Crippen LogP contribution >= 0.6 is 0 Å². The second-order valence-corrected chi connectivity index (χ2v) is 4.17. The van der Waals surface area contributed by atoms with E-state index in [2.05, 4.69) is 16.9 Å². The molecule has 2 nitrogen and oxygen atoms in total. The average Bonchev–Trinajstić information content (AvgIpc) is 2.57. The van der Waals surface area contributed by atoms with Crippen molar-refractivity contribution in [1.82, 2.24) is 4.98 Å². The molecule has 0 fully saturated rings. The molecule has 78 valence electrons. The third kappa shape index (κ3) is 1.23. The zero-order valence-corrected chi connectivity index (χ0v) is 8.68. The lowest BCUT2D eigenvalue weighted by Gasteiger charge is -2.24. The Morgan fingerprint density at radius 2 is 2.27 bits per heavy atom. The Morgan fingerprint density at radius 1 is 1.40 bits per heavy atom. The third-order valence-corrected chi connectivity index (χ3v) is 3.15. The van der Waals surface area contributed by atoms with Crippen molar-refractivity contribution in [2.45, 2.75) is 12.8 Å². The van der Waals surface area contributed by atoms with Crippen LogP contribution in [0, 0.1) is 5.82 Å². The van der Waals surface area contributed by atoms with Crippen LogP contribution in [0.4, 0.5) is 10.2 Å². The number of aromatic nitrogens is 1. The Labute approximate surface area is 87.7 Å². The number of anilines is 1. The molecule has 0 spiro atoms. The number of nitrogens with zero attached hydrogens (tertiary/aromatic N) is 1. The topological polar surface area (TPSA) is 19.0 Å². The zero-order valence-electron chi connectivity index (χ0n) is 8.68. The summed E-state index contributed by atoms with van der Waals surface area (Å²) in [7, 11) is 2.07. The first kappa shape index (κ1) is 8.77. The Bertz CT molecular complexity index is 516. The summed E-state index contributed by atoms with van der Waals surface area (Å²) in [5, 5.41) is 1.16. The maximum absolute atomic E-state index is 13.1. The van der Waals surface area contributed by atoms with Crippen molar-refractivity contribution in [3.05, 3.63) is 29.6 Å². The summed E-state index contributed by atoms with van der Waals surface area (Å²) in [5.74, 6) is 0.977. The van der Waals surface area contributed by atoms with Crippen molar-refractivity contribution < 1.29 is 4.39 Å². The highest BCUT2D eigenvalue weighted by Gasteiger charge is 2.18. The van der Waals surface area contributed by atoms with E-state index in [9.17, 15) is 4.39 Å². The summed E-state index contributed by atoms with van der Waals surface area (Å²) < 4.78 is 13.1. The summed E-state index contributed by atoms with van der Waals surface area (Å²) >= 11 is 0. The molecule has 1 aromatic carbocycles. The predicted molar refractivity (Wildman–Crippen MR) is 59.8 cm³/mol. The number of H-pyrrole nitrogens is 1. The largest absolute Gasteiger partial charge is 0.361 e. The van der Waals surface area contributed by atoms with Crippen LogP contribution < -0.4 is 4.90 Å². The third-order valence-electron chi connectivity index (χ3n) is 3.15. The van der Waals surface area contributed by atoms with Gasteiger partial charge in [0.1, 0.15) is 11.6 Å². The number of halogens is 1. The highest BCUT2D eigenvalue weighted by molar-refractivity contribution is 5.89. The monoisotopic (exact) mass is 204 g/mol. The smallest absolute Gasteiger partial charge is 0.125 e. The van der Waals surface area contributed by atoms with Crippen LogP contribution in [0.25, 0.3) is 10.9 Å². The molecule has 0 unspecified atom stereocenters. The van der Waals surface area contributed by atoms with Gasteiger partial charge in [-0.05, 0) is 31.0 Å². The summed E-state index contributed by atoms with van der Waals surface area (Å²) in [6.07, 6.45) is 2.26. The Balaban J connectivity index is 2.30. The first-order valence-electron chi connectivity index (χ1n) is 5.27. The minimum Gasteiger partial charge on any atom is -0.361 e. The minimum absolute atomic E-state index is 0.177. The van der Waals surface area contributed by atoms with Crippen molar-refractivity contribution in [3.63, 3.8) is 0 Å². The molecule has 3 heteroatoms. The lowest BCUT2D eigenvalue weighted by Crippen LogP contribution is -2.24. The first-order chi connectivity index (χ1) is 7.25. The van der Waals surface area contributed by atoms with E-state index in [4.69, 9.17) is 0 Å². The maximum atomic E-state index is 13.1. The van der Waals surface area contributed by atoms with E-state index in [1.165, 1.54) is 18.1 Å².